The molecule has 4 N–H and O–H groups in total. The van der Waals surface area contributed by atoms with Gasteiger partial charge in [0.1, 0.15) is 5.15 Å². The summed E-state index contributed by atoms with van der Waals surface area (Å²) in [4.78, 5) is 14.9. The van der Waals surface area contributed by atoms with Crippen LogP contribution in [0.25, 0.3) is 0 Å². The molecular weight excluding hydrogens is 202 g/mol. The predicted molar refractivity (Wildman–Crippen MR) is 54.9 cm³/mol. The molecule has 14 heavy (non-hydrogen) atoms. The highest BCUT2D eigenvalue weighted by Crippen LogP contribution is 2.18. The Morgan fingerprint density at radius 3 is 2.86 bits per heavy atom. The van der Waals surface area contributed by atoms with Gasteiger partial charge in [-0.25, -0.2) is 4.98 Å². The van der Waals surface area contributed by atoms with Crippen molar-refractivity contribution in [2.75, 3.05) is 0 Å². The first kappa shape index (κ1) is 10.7. The lowest BCUT2D eigenvalue weighted by Crippen LogP contribution is -2.18. The van der Waals surface area contributed by atoms with Crippen LogP contribution in [0.4, 0.5) is 0 Å². The maximum Gasteiger partial charge on any atom is 0.249 e. The van der Waals surface area contributed by atoms with Gasteiger partial charge in [-0.15, -0.1) is 6.58 Å². The Morgan fingerprint density at radius 1 is 1.71 bits per heavy atom. The summed E-state index contributed by atoms with van der Waals surface area (Å²) in [5.74, 6) is -0.582. The Balaban J connectivity index is 3.28. The molecule has 1 heterocycles. The zero-order valence-electron chi connectivity index (χ0n) is 7.40. The van der Waals surface area contributed by atoms with Crippen molar-refractivity contribution in [2.24, 2.45) is 11.5 Å². The van der Waals surface area contributed by atoms with E-state index < -0.39 is 11.9 Å². The lowest BCUT2D eigenvalue weighted by atomic mass is 10.0. The number of primary amides is 1. The third-order valence-corrected chi connectivity index (χ3v) is 1.99. The molecule has 0 aliphatic heterocycles. The zero-order valence-corrected chi connectivity index (χ0v) is 8.16. The molecule has 0 spiro atoms. The van der Waals surface area contributed by atoms with Crippen molar-refractivity contribution in [2.45, 2.75) is 6.04 Å². The van der Waals surface area contributed by atoms with Crippen LogP contribution in [-0.2, 0) is 0 Å². The molecule has 0 fully saturated rings. The molecule has 1 aromatic rings. The summed E-state index contributed by atoms with van der Waals surface area (Å²) >= 11 is 5.62. The van der Waals surface area contributed by atoms with Crippen LogP contribution in [0.1, 0.15) is 22.0 Å². The van der Waals surface area contributed by atoms with E-state index >= 15 is 0 Å². The molecule has 0 unspecified atom stereocenters. The number of halogens is 1. The summed E-state index contributed by atoms with van der Waals surface area (Å²) in [6, 6.07) is 0.921. The van der Waals surface area contributed by atoms with Crippen LogP contribution in [0.2, 0.25) is 5.15 Å². The van der Waals surface area contributed by atoms with E-state index in [1.807, 2.05) is 0 Å². The number of carbonyl (C=O) groups excluding carboxylic acids is 1. The second-order valence-electron chi connectivity index (χ2n) is 2.72. The van der Waals surface area contributed by atoms with Gasteiger partial charge in [0.2, 0.25) is 5.91 Å². The first-order valence-corrected chi connectivity index (χ1v) is 4.27. The summed E-state index contributed by atoms with van der Waals surface area (Å²) in [6.45, 7) is 3.52. The summed E-state index contributed by atoms with van der Waals surface area (Å²) in [7, 11) is 0. The average Bonchev–Trinajstić information content (AvgIpc) is 2.16. The van der Waals surface area contributed by atoms with Crippen molar-refractivity contribution in [1.29, 1.82) is 0 Å². The van der Waals surface area contributed by atoms with Crippen LogP contribution < -0.4 is 11.5 Å². The summed E-state index contributed by atoms with van der Waals surface area (Å²) in [5, 5.41) is 0.207. The SMILES string of the molecule is C=C[C@H](N)c1cnc(Cl)cc1C(N)=O. The highest BCUT2D eigenvalue weighted by Gasteiger charge is 2.13. The molecular formula is C9H10ClN3O. The second kappa shape index (κ2) is 4.21. The minimum absolute atomic E-state index is 0.207. The van der Waals surface area contributed by atoms with Crippen LogP contribution in [0, 0.1) is 0 Å². The van der Waals surface area contributed by atoms with Crippen LogP contribution in [0.3, 0.4) is 0 Å². The van der Waals surface area contributed by atoms with E-state index in [4.69, 9.17) is 23.1 Å². The van der Waals surface area contributed by atoms with Crippen LogP contribution >= 0.6 is 11.6 Å². The quantitative estimate of drug-likeness (QED) is 0.579. The molecule has 1 aromatic heterocycles. The van der Waals surface area contributed by atoms with Crippen molar-refractivity contribution in [1.82, 2.24) is 4.98 Å². The Morgan fingerprint density at radius 2 is 2.36 bits per heavy atom. The maximum atomic E-state index is 11.0. The molecule has 0 aliphatic carbocycles. The molecule has 0 saturated carbocycles. The molecule has 4 nitrogen and oxygen atoms in total. The first-order valence-electron chi connectivity index (χ1n) is 3.89. The van der Waals surface area contributed by atoms with E-state index in [0.29, 0.717) is 5.56 Å². The topological polar surface area (TPSA) is 82.0 Å². The smallest absolute Gasteiger partial charge is 0.249 e. The average molecular weight is 212 g/mol. The minimum atomic E-state index is -0.582. The zero-order chi connectivity index (χ0) is 10.7. The molecule has 0 saturated heterocycles. The van der Waals surface area contributed by atoms with Gasteiger partial charge in [-0.1, -0.05) is 17.7 Å². The number of amides is 1. The van der Waals surface area contributed by atoms with E-state index in [9.17, 15) is 4.79 Å². The van der Waals surface area contributed by atoms with Gasteiger partial charge in [0.15, 0.2) is 0 Å². The highest BCUT2D eigenvalue weighted by molar-refractivity contribution is 6.29. The fourth-order valence-electron chi connectivity index (χ4n) is 1.05. The number of aromatic nitrogens is 1. The normalized spacial score (nSPS) is 12.1. The van der Waals surface area contributed by atoms with E-state index in [2.05, 4.69) is 11.6 Å². The molecule has 1 atom stereocenters. The van der Waals surface area contributed by atoms with Gasteiger partial charge in [0, 0.05) is 17.3 Å². The fourth-order valence-corrected chi connectivity index (χ4v) is 1.20. The van der Waals surface area contributed by atoms with E-state index in [1.54, 1.807) is 0 Å². The number of hydrogen-bond donors (Lipinski definition) is 2. The Kier molecular flexibility index (Phi) is 3.22. The molecule has 1 rings (SSSR count). The van der Waals surface area contributed by atoms with Crippen molar-refractivity contribution in [3.8, 4) is 0 Å². The third-order valence-electron chi connectivity index (χ3n) is 1.78. The van der Waals surface area contributed by atoms with Gasteiger partial charge in [-0.2, -0.15) is 0 Å². The van der Waals surface area contributed by atoms with Crippen LogP contribution in [-0.4, -0.2) is 10.9 Å². The monoisotopic (exact) mass is 211 g/mol. The van der Waals surface area contributed by atoms with E-state index in [1.165, 1.54) is 18.3 Å². The third kappa shape index (κ3) is 2.10. The van der Waals surface area contributed by atoms with Gasteiger partial charge in [-0.3, -0.25) is 4.79 Å². The summed E-state index contributed by atoms with van der Waals surface area (Å²) in [6.07, 6.45) is 2.92. The standard InChI is InChI=1S/C9H10ClN3O/c1-2-7(11)6-4-13-8(10)3-5(6)9(12)14/h2-4,7H,1,11H2,(H2,12,14)/t7-/m0/s1. The summed E-state index contributed by atoms with van der Waals surface area (Å²) < 4.78 is 0. The molecule has 74 valence electrons. The molecule has 5 heteroatoms. The number of rotatable bonds is 3. The number of nitrogens with zero attached hydrogens (tertiary/aromatic N) is 1. The van der Waals surface area contributed by atoms with Gasteiger partial charge in [0.05, 0.1) is 6.04 Å². The summed E-state index contributed by atoms with van der Waals surface area (Å²) in [5.41, 5.74) is 11.6. The van der Waals surface area contributed by atoms with Crippen molar-refractivity contribution in [3.05, 3.63) is 41.2 Å². The highest BCUT2D eigenvalue weighted by atomic mass is 35.5. The second-order valence-corrected chi connectivity index (χ2v) is 3.11. The van der Waals surface area contributed by atoms with Gasteiger partial charge in [0.25, 0.3) is 0 Å². The van der Waals surface area contributed by atoms with E-state index in [-0.39, 0.29) is 10.7 Å². The Labute approximate surface area is 86.6 Å². The van der Waals surface area contributed by atoms with Crippen molar-refractivity contribution >= 4 is 17.5 Å². The Hall–Kier alpha value is -1.39. The molecule has 0 radical (unpaired) electrons. The van der Waals surface area contributed by atoms with Gasteiger partial charge < -0.3 is 11.5 Å². The van der Waals surface area contributed by atoms with E-state index in [0.717, 1.165) is 0 Å². The predicted octanol–water partition coefficient (Wildman–Crippen LogP) is 1.02. The minimum Gasteiger partial charge on any atom is -0.366 e. The lowest BCUT2D eigenvalue weighted by molar-refractivity contribution is 0.0999. The van der Waals surface area contributed by atoms with Gasteiger partial charge >= 0.3 is 0 Å². The number of hydrogen-bond acceptors (Lipinski definition) is 3. The number of pyridine rings is 1. The van der Waals surface area contributed by atoms with Crippen LogP contribution in [0.5, 0.6) is 0 Å². The number of nitrogens with two attached hydrogens (primary N) is 2. The largest absolute Gasteiger partial charge is 0.366 e. The van der Waals surface area contributed by atoms with Crippen LogP contribution in [0.15, 0.2) is 24.9 Å². The number of carbonyl (C=O) groups is 1. The Bertz CT molecular complexity index is 378. The van der Waals surface area contributed by atoms with Crippen molar-refractivity contribution < 1.29 is 4.79 Å². The molecule has 0 aromatic carbocycles. The van der Waals surface area contributed by atoms with Crippen molar-refractivity contribution in [3.63, 3.8) is 0 Å². The fraction of sp³-hybridized carbons (Fsp3) is 0.111. The molecule has 1 amide bonds. The lowest BCUT2D eigenvalue weighted by Gasteiger charge is -2.10. The molecule has 0 bridgehead atoms. The molecule has 0 aliphatic rings. The maximum absolute atomic E-state index is 11.0. The van der Waals surface area contributed by atoms with Gasteiger partial charge in [-0.05, 0) is 6.07 Å². The first-order chi connectivity index (χ1) is 6.56.